The molecule has 4 nitrogen and oxygen atoms in total. The van der Waals surface area contributed by atoms with Crippen molar-refractivity contribution < 1.29 is 9.53 Å². The zero-order valence-electron chi connectivity index (χ0n) is 10.9. The Bertz CT molecular complexity index is 366. The number of aromatic nitrogens is 1. The van der Waals surface area contributed by atoms with Crippen LogP contribution in [0.4, 0.5) is 5.82 Å². The van der Waals surface area contributed by atoms with Crippen molar-refractivity contribution in [3.63, 3.8) is 0 Å². The van der Waals surface area contributed by atoms with E-state index in [0.717, 1.165) is 0 Å². The van der Waals surface area contributed by atoms with Crippen LogP contribution in [0.1, 0.15) is 33.3 Å². The number of nitrogens with one attached hydrogen (secondary N) is 1. The summed E-state index contributed by atoms with van der Waals surface area (Å²) in [5.41, 5.74) is 1.26. The molecule has 1 aromatic heterocycles. The monoisotopic (exact) mass is 236 g/mol. The average Bonchev–Trinajstić information content (AvgIpc) is 2.26. The van der Waals surface area contributed by atoms with Crippen molar-refractivity contribution >= 4 is 11.8 Å². The maximum absolute atomic E-state index is 11.1. The second-order valence-corrected chi connectivity index (χ2v) is 4.84. The summed E-state index contributed by atoms with van der Waals surface area (Å²) < 4.78 is 4.81. The lowest BCUT2D eigenvalue weighted by atomic mass is 9.88. The van der Waals surface area contributed by atoms with Crippen LogP contribution in [0, 0.1) is 0 Å². The van der Waals surface area contributed by atoms with Crippen LogP contribution < -0.4 is 5.32 Å². The minimum atomic E-state index is -0.269. The van der Waals surface area contributed by atoms with E-state index in [9.17, 15) is 4.79 Å². The van der Waals surface area contributed by atoms with E-state index < -0.39 is 0 Å². The Balaban J connectivity index is 2.54. The number of ether oxygens (including phenoxy) is 1. The highest BCUT2D eigenvalue weighted by Crippen LogP contribution is 2.21. The molecule has 1 N–H and O–H groups in total. The molecule has 0 unspecified atom stereocenters. The van der Waals surface area contributed by atoms with Crippen molar-refractivity contribution in [2.45, 2.75) is 33.1 Å². The molecule has 1 aromatic rings. The summed E-state index contributed by atoms with van der Waals surface area (Å²) >= 11 is 0. The molecule has 0 aliphatic carbocycles. The number of carbonyl (C=O) groups excluding carboxylic acids is 1. The number of hydrogen-bond donors (Lipinski definition) is 1. The van der Waals surface area contributed by atoms with Gasteiger partial charge in [-0.05, 0) is 24.0 Å². The Morgan fingerprint density at radius 2 is 2.12 bits per heavy atom. The second-order valence-electron chi connectivity index (χ2n) is 4.84. The SMILES string of the molecule is CCOC(=O)CNc1ccc(C(C)(C)C)cn1. The van der Waals surface area contributed by atoms with Crippen LogP contribution in [-0.4, -0.2) is 24.1 Å². The molecule has 0 spiro atoms. The van der Waals surface area contributed by atoms with Gasteiger partial charge in [0.25, 0.3) is 0 Å². The molecule has 0 saturated carbocycles. The summed E-state index contributed by atoms with van der Waals surface area (Å²) in [6.45, 7) is 8.74. The quantitative estimate of drug-likeness (QED) is 0.815. The topological polar surface area (TPSA) is 51.2 Å². The van der Waals surface area contributed by atoms with Gasteiger partial charge in [-0.2, -0.15) is 0 Å². The van der Waals surface area contributed by atoms with Gasteiger partial charge in [-0.15, -0.1) is 0 Å². The van der Waals surface area contributed by atoms with Crippen LogP contribution in [0.2, 0.25) is 0 Å². The van der Waals surface area contributed by atoms with Gasteiger partial charge in [-0.3, -0.25) is 4.79 Å². The molecule has 94 valence electrons. The average molecular weight is 236 g/mol. The first-order chi connectivity index (χ1) is 7.93. The summed E-state index contributed by atoms with van der Waals surface area (Å²) in [6.07, 6.45) is 1.83. The van der Waals surface area contributed by atoms with E-state index in [0.29, 0.717) is 12.4 Å². The minimum Gasteiger partial charge on any atom is -0.465 e. The van der Waals surface area contributed by atoms with E-state index in [1.165, 1.54) is 5.56 Å². The van der Waals surface area contributed by atoms with E-state index in [1.807, 2.05) is 18.3 Å². The van der Waals surface area contributed by atoms with Crippen LogP contribution in [0.25, 0.3) is 0 Å². The van der Waals surface area contributed by atoms with Crippen LogP contribution in [0.15, 0.2) is 18.3 Å². The molecule has 0 bridgehead atoms. The van der Waals surface area contributed by atoms with Crippen LogP contribution in [-0.2, 0) is 14.9 Å². The molecule has 0 aromatic carbocycles. The van der Waals surface area contributed by atoms with E-state index in [-0.39, 0.29) is 17.9 Å². The van der Waals surface area contributed by atoms with Crippen LogP contribution in [0.3, 0.4) is 0 Å². The molecular formula is C13H20N2O2. The lowest BCUT2D eigenvalue weighted by Crippen LogP contribution is -2.17. The van der Waals surface area contributed by atoms with E-state index in [4.69, 9.17) is 4.74 Å². The number of hydrogen-bond acceptors (Lipinski definition) is 4. The van der Waals surface area contributed by atoms with Crippen molar-refractivity contribution in [1.82, 2.24) is 4.98 Å². The third-order valence-electron chi connectivity index (χ3n) is 2.35. The van der Waals surface area contributed by atoms with E-state index >= 15 is 0 Å². The molecule has 1 rings (SSSR count). The number of rotatable bonds is 4. The summed E-state index contributed by atoms with van der Waals surface area (Å²) in [4.78, 5) is 15.4. The summed E-state index contributed by atoms with van der Waals surface area (Å²) in [5, 5.41) is 2.92. The van der Waals surface area contributed by atoms with Crippen molar-refractivity contribution in [1.29, 1.82) is 0 Å². The van der Waals surface area contributed by atoms with Gasteiger partial charge < -0.3 is 10.1 Å². The number of pyridine rings is 1. The van der Waals surface area contributed by atoms with Gasteiger partial charge in [-0.1, -0.05) is 26.8 Å². The molecule has 0 atom stereocenters. The maximum atomic E-state index is 11.1. The highest BCUT2D eigenvalue weighted by Gasteiger charge is 2.13. The predicted octanol–water partition coefficient (Wildman–Crippen LogP) is 2.35. The molecular weight excluding hydrogens is 216 g/mol. The van der Waals surface area contributed by atoms with Crippen LogP contribution >= 0.6 is 0 Å². The fourth-order valence-electron chi connectivity index (χ4n) is 1.32. The van der Waals surface area contributed by atoms with Crippen molar-refractivity contribution in [3.8, 4) is 0 Å². The van der Waals surface area contributed by atoms with Gasteiger partial charge in [-0.25, -0.2) is 4.98 Å². The number of carbonyl (C=O) groups is 1. The third kappa shape index (κ3) is 4.43. The Kier molecular flexibility index (Phi) is 4.49. The molecule has 17 heavy (non-hydrogen) atoms. The largest absolute Gasteiger partial charge is 0.465 e. The van der Waals surface area contributed by atoms with Crippen molar-refractivity contribution in [2.24, 2.45) is 0 Å². The number of anilines is 1. The fraction of sp³-hybridized carbons (Fsp3) is 0.538. The van der Waals surface area contributed by atoms with Gasteiger partial charge in [0.1, 0.15) is 12.4 Å². The second kappa shape index (κ2) is 5.66. The number of nitrogens with zero attached hydrogens (tertiary/aromatic N) is 1. The van der Waals surface area contributed by atoms with Gasteiger partial charge in [0, 0.05) is 6.20 Å². The summed E-state index contributed by atoms with van der Waals surface area (Å²) in [5.74, 6) is 0.417. The van der Waals surface area contributed by atoms with Crippen molar-refractivity contribution in [3.05, 3.63) is 23.9 Å². The first-order valence-electron chi connectivity index (χ1n) is 5.79. The lowest BCUT2D eigenvalue weighted by molar-refractivity contribution is -0.140. The molecule has 0 fully saturated rings. The number of esters is 1. The predicted molar refractivity (Wildman–Crippen MR) is 68.1 cm³/mol. The van der Waals surface area contributed by atoms with Gasteiger partial charge in [0.05, 0.1) is 6.61 Å². The summed E-state index contributed by atoms with van der Waals surface area (Å²) in [7, 11) is 0. The Labute approximate surface area is 102 Å². The Morgan fingerprint density at radius 1 is 1.41 bits per heavy atom. The van der Waals surface area contributed by atoms with Gasteiger partial charge >= 0.3 is 5.97 Å². The molecule has 0 saturated heterocycles. The van der Waals surface area contributed by atoms with E-state index in [1.54, 1.807) is 6.92 Å². The molecule has 0 aliphatic rings. The van der Waals surface area contributed by atoms with Crippen molar-refractivity contribution in [2.75, 3.05) is 18.5 Å². The third-order valence-corrected chi connectivity index (χ3v) is 2.35. The molecule has 0 radical (unpaired) electrons. The highest BCUT2D eigenvalue weighted by atomic mass is 16.5. The van der Waals surface area contributed by atoms with Gasteiger partial charge in [0.15, 0.2) is 0 Å². The highest BCUT2D eigenvalue weighted by molar-refractivity contribution is 5.74. The summed E-state index contributed by atoms with van der Waals surface area (Å²) in [6, 6.07) is 3.89. The molecule has 1 heterocycles. The molecule has 0 amide bonds. The first-order valence-corrected chi connectivity index (χ1v) is 5.79. The van der Waals surface area contributed by atoms with E-state index in [2.05, 4.69) is 31.1 Å². The molecule has 0 aliphatic heterocycles. The van der Waals surface area contributed by atoms with Crippen LogP contribution in [0.5, 0.6) is 0 Å². The Morgan fingerprint density at radius 3 is 2.59 bits per heavy atom. The lowest BCUT2D eigenvalue weighted by Gasteiger charge is -2.18. The minimum absolute atomic E-state index is 0.0900. The Hall–Kier alpha value is -1.58. The van der Waals surface area contributed by atoms with Gasteiger partial charge in [0.2, 0.25) is 0 Å². The zero-order valence-corrected chi connectivity index (χ0v) is 10.9. The zero-order chi connectivity index (χ0) is 12.9. The smallest absolute Gasteiger partial charge is 0.325 e. The standard InChI is InChI=1S/C13H20N2O2/c1-5-17-12(16)9-15-11-7-6-10(8-14-11)13(2,3)4/h6-8H,5,9H2,1-4H3,(H,14,15). The fourth-order valence-corrected chi connectivity index (χ4v) is 1.32. The first kappa shape index (κ1) is 13.5. The normalized spacial score (nSPS) is 11.1. The molecule has 4 heteroatoms. The maximum Gasteiger partial charge on any atom is 0.325 e.